The zero-order valence-electron chi connectivity index (χ0n) is 17.7. The van der Waals surface area contributed by atoms with Crippen molar-refractivity contribution in [2.75, 3.05) is 37.8 Å². The summed E-state index contributed by atoms with van der Waals surface area (Å²) in [6, 6.07) is 7.52. The molecule has 11 heteroatoms. The lowest BCUT2D eigenvalue weighted by Crippen LogP contribution is -2.41. The van der Waals surface area contributed by atoms with Gasteiger partial charge in [-0.05, 0) is 38.1 Å². The van der Waals surface area contributed by atoms with Crippen molar-refractivity contribution in [2.45, 2.75) is 13.8 Å². The zero-order chi connectivity index (χ0) is 22.5. The maximum Gasteiger partial charge on any atom is 0.289 e. The van der Waals surface area contributed by atoms with Crippen molar-refractivity contribution in [1.82, 2.24) is 20.8 Å². The molecule has 1 aliphatic rings. The van der Waals surface area contributed by atoms with Crippen molar-refractivity contribution in [3.05, 3.63) is 45.9 Å². The molecule has 0 atom stereocenters. The Morgan fingerprint density at radius 3 is 2.56 bits per heavy atom. The summed E-state index contributed by atoms with van der Waals surface area (Å²) in [5.74, 6) is -0.110. The zero-order valence-corrected chi connectivity index (χ0v) is 19.3. The molecule has 168 valence electrons. The minimum Gasteiger partial charge on any atom is -0.494 e. The third-order valence-corrected chi connectivity index (χ3v) is 6.82. The number of nitrogens with zero attached hydrogens (tertiary/aromatic N) is 3. The molecule has 2 aromatic heterocycles. The molecule has 0 radical (unpaired) electrons. The van der Waals surface area contributed by atoms with Gasteiger partial charge >= 0.3 is 0 Å². The van der Waals surface area contributed by atoms with E-state index in [9.17, 15) is 9.59 Å². The number of thiazole rings is 2. The van der Waals surface area contributed by atoms with Crippen LogP contribution in [0.4, 0.5) is 5.13 Å². The highest BCUT2D eigenvalue weighted by Gasteiger charge is 2.21. The van der Waals surface area contributed by atoms with E-state index in [-0.39, 0.29) is 5.69 Å². The number of anilines is 1. The van der Waals surface area contributed by atoms with Gasteiger partial charge in [-0.25, -0.2) is 9.97 Å². The number of aromatic nitrogens is 2. The van der Waals surface area contributed by atoms with Crippen LogP contribution in [0.1, 0.15) is 32.8 Å². The van der Waals surface area contributed by atoms with Gasteiger partial charge in [0.15, 0.2) is 5.13 Å². The molecule has 0 unspecified atom stereocenters. The van der Waals surface area contributed by atoms with Gasteiger partial charge in [0, 0.05) is 24.0 Å². The number of hydrogen-bond donors (Lipinski definition) is 2. The fourth-order valence-corrected chi connectivity index (χ4v) is 4.91. The first-order valence-corrected chi connectivity index (χ1v) is 11.8. The number of aryl methyl sites for hydroxylation is 1. The number of hydrazine groups is 1. The quantitative estimate of drug-likeness (QED) is 0.530. The lowest BCUT2D eigenvalue weighted by molar-refractivity contribution is 0.0846. The highest BCUT2D eigenvalue weighted by molar-refractivity contribution is 7.17. The van der Waals surface area contributed by atoms with Crippen LogP contribution in [0.5, 0.6) is 5.75 Å². The summed E-state index contributed by atoms with van der Waals surface area (Å²) in [6.07, 6.45) is 0. The minimum atomic E-state index is -0.484. The number of carbonyl (C=O) groups is 2. The molecule has 9 nitrogen and oxygen atoms in total. The van der Waals surface area contributed by atoms with Gasteiger partial charge in [-0.3, -0.25) is 20.4 Å². The molecular weight excluding hydrogens is 450 g/mol. The number of rotatable bonds is 6. The third kappa shape index (κ3) is 5.06. The molecule has 2 N–H and O–H groups in total. The van der Waals surface area contributed by atoms with Crippen LogP contribution in [0.3, 0.4) is 0 Å². The number of nitrogens with one attached hydrogen (secondary N) is 2. The minimum absolute atomic E-state index is 0.231. The van der Waals surface area contributed by atoms with Crippen LogP contribution < -0.4 is 20.5 Å². The predicted octanol–water partition coefficient (Wildman–Crippen LogP) is 2.89. The maximum absolute atomic E-state index is 12.6. The second-order valence-corrected chi connectivity index (χ2v) is 8.75. The molecule has 0 aliphatic carbocycles. The number of ether oxygens (including phenoxy) is 2. The first-order valence-electron chi connectivity index (χ1n) is 10.1. The standard InChI is InChI=1S/C21H23N5O4S2/c1-3-30-15-6-4-14(5-7-15)20-23-16(12-31-20)18(27)24-25-19(28)17-13(2)22-21(32-17)26-8-10-29-11-9-26/h4-7,12H,3,8-11H2,1-2H3,(H,24,27)(H,25,28). The highest BCUT2D eigenvalue weighted by atomic mass is 32.1. The fourth-order valence-electron chi connectivity index (χ4n) is 3.09. The normalized spacial score (nSPS) is 13.6. The highest BCUT2D eigenvalue weighted by Crippen LogP contribution is 2.27. The number of morpholine rings is 1. The Morgan fingerprint density at radius 1 is 1.12 bits per heavy atom. The van der Waals surface area contributed by atoms with E-state index < -0.39 is 11.8 Å². The Balaban J connectivity index is 1.36. The lowest BCUT2D eigenvalue weighted by atomic mass is 10.2. The topological polar surface area (TPSA) is 106 Å². The second kappa shape index (κ2) is 10.1. The number of carbonyl (C=O) groups excluding carboxylic acids is 2. The SMILES string of the molecule is CCOc1ccc(-c2nc(C(=O)NNC(=O)c3sc(N4CCOCC4)nc3C)cs2)cc1. The summed E-state index contributed by atoms with van der Waals surface area (Å²) in [7, 11) is 0. The molecule has 3 heterocycles. The van der Waals surface area contributed by atoms with Gasteiger partial charge in [0.05, 0.1) is 25.5 Å². The fraction of sp³-hybridized carbons (Fsp3) is 0.333. The van der Waals surface area contributed by atoms with Crippen LogP contribution in [-0.4, -0.2) is 54.7 Å². The summed E-state index contributed by atoms with van der Waals surface area (Å²) >= 11 is 2.65. The van der Waals surface area contributed by atoms with Gasteiger partial charge in [-0.2, -0.15) is 0 Å². The maximum atomic E-state index is 12.6. The summed E-state index contributed by atoms with van der Waals surface area (Å²) in [6.45, 7) is 7.07. The Morgan fingerprint density at radius 2 is 1.84 bits per heavy atom. The average Bonchev–Trinajstić information content (AvgIpc) is 3.46. The summed E-state index contributed by atoms with van der Waals surface area (Å²) in [5, 5.41) is 3.14. The Kier molecular flexibility index (Phi) is 6.98. The van der Waals surface area contributed by atoms with Gasteiger partial charge in [0.2, 0.25) is 0 Å². The van der Waals surface area contributed by atoms with Gasteiger partial charge in [-0.1, -0.05) is 11.3 Å². The largest absolute Gasteiger partial charge is 0.494 e. The molecule has 3 aromatic rings. The van der Waals surface area contributed by atoms with Gasteiger partial charge in [0.25, 0.3) is 11.8 Å². The van der Waals surface area contributed by atoms with Crippen LogP contribution >= 0.6 is 22.7 Å². The first-order chi connectivity index (χ1) is 15.5. The second-order valence-electron chi connectivity index (χ2n) is 6.91. The molecule has 4 rings (SSSR count). The monoisotopic (exact) mass is 473 g/mol. The van der Waals surface area contributed by atoms with E-state index in [1.165, 1.54) is 22.7 Å². The molecule has 1 fully saturated rings. The smallest absolute Gasteiger partial charge is 0.289 e. The molecule has 0 spiro atoms. The predicted molar refractivity (Wildman–Crippen MR) is 124 cm³/mol. The number of amides is 2. The van der Waals surface area contributed by atoms with E-state index in [4.69, 9.17) is 9.47 Å². The number of hydrogen-bond acceptors (Lipinski definition) is 9. The Labute approximate surface area is 193 Å². The van der Waals surface area contributed by atoms with E-state index in [0.29, 0.717) is 35.4 Å². The molecule has 32 heavy (non-hydrogen) atoms. The molecule has 0 saturated carbocycles. The molecule has 0 bridgehead atoms. The van der Waals surface area contributed by atoms with Crippen molar-refractivity contribution in [3.63, 3.8) is 0 Å². The van der Waals surface area contributed by atoms with Gasteiger partial charge in [0.1, 0.15) is 21.3 Å². The van der Waals surface area contributed by atoms with Crippen LogP contribution in [0, 0.1) is 6.92 Å². The van der Waals surface area contributed by atoms with E-state index in [0.717, 1.165) is 29.5 Å². The first kappa shape index (κ1) is 22.2. The summed E-state index contributed by atoms with van der Waals surface area (Å²) in [4.78, 5) is 36.5. The third-order valence-electron chi connectivity index (χ3n) is 4.71. The van der Waals surface area contributed by atoms with E-state index in [1.54, 1.807) is 12.3 Å². The van der Waals surface area contributed by atoms with Gasteiger partial charge in [-0.15, -0.1) is 11.3 Å². The Bertz CT molecular complexity index is 1090. The van der Waals surface area contributed by atoms with Crippen molar-refractivity contribution in [2.24, 2.45) is 0 Å². The van der Waals surface area contributed by atoms with Crippen molar-refractivity contribution in [1.29, 1.82) is 0 Å². The molecule has 1 aromatic carbocycles. The van der Waals surface area contributed by atoms with Crippen LogP contribution in [0.25, 0.3) is 10.6 Å². The van der Waals surface area contributed by atoms with Crippen molar-refractivity contribution in [3.8, 4) is 16.3 Å². The Hall–Kier alpha value is -3.02. The molecule has 1 saturated heterocycles. The van der Waals surface area contributed by atoms with Crippen LogP contribution in [0.15, 0.2) is 29.6 Å². The molecule has 2 amide bonds. The van der Waals surface area contributed by atoms with Gasteiger partial charge < -0.3 is 14.4 Å². The van der Waals surface area contributed by atoms with E-state index >= 15 is 0 Å². The van der Waals surface area contributed by atoms with Crippen LogP contribution in [0.2, 0.25) is 0 Å². The lowest BCUT2D eigenvalue weighted by Gasteiger charge is -2.25. The summed E-state index contributed by atoms with van der Waals surface area (Å²) in [5.41, 5.74) is 6.63. The van der Waals surface area contributed by atoms with E-state index in [2.05, 4.69) is 25.7 Å². The van der Waals surface area contributed by atoms with Crippen molar-refractivity contribution < 1.29 is 19.1 Å². The molecule has 1 aliphatic heterocycles. The van der Waals surface area contributed by atoms with Crippen molar-refractivity contribution >= 4 is 39.6 Å². The average molecular weight is 474 g/mol. The summed E-state index contributed by atoms with van der Waals surface area (Å²) < 4.78 is 10.8. The van der Waals surface area contributed by atoms with Crippen LogP contribution in [-0.2, 0) is 4.74 Å². The number of benzene rings is 1. The molecular formula is C21H23N5O4S2. The van der Waals surface area contributed by atoms with E-state index in [1.807, 2.05) is 31.2 Å².